The van der Waals surface area contributed by atoms with E-state index in [9.17, 15) is 0 Å². The van der Waals surface area contributed by atoms with Crippen LogP contribution in [0.2, 0.25) is 0 Å². The highest BCUT2D eigenvalue weighted by atomic mass is 15.3. The van der Waals surface area contributed by atoms with Crippen molar-refractivity contribution in [1.29, 1.82) is 0 Å². The zero-order valence-electron chi connectivity index (χ0n) is 13.2. The number of imidazole rings is 1. The van der Waals surface area contributed by atoms with Crippen LogP contribution in [0.1, 0.15) is 32.5 Å². The number of rotatable bonds is 4. The largest absolute Gasteiger partial charge is 0.354 e. The predicted octanol–water partition coefficient (Wildman–Crippen LogP) is 1.89. The van der Waals surface area contributed by atoms with Crippen molar-refractivity contribution >= 4 is 5.96 Å². The van der Waals surface area contributed by atoms with Crippen LogP contribution < -0.4 is 5.32 Å². The van der Waals surface area contributed by atoms with E-state index in [1.165, 1.54) is 12.8 Å². The number of aliphatic imine (C=N–C) groups is 1. The normalized spacial score (nSPS) is 23.4. The molecule has 1 aliphatic rings. The Bertz CT molecular complexity index is 465. The first-order valence-corrected chi connectivity index (χ1v) is 7.51. The van der Waals surface area contributed by atoms with Crippen LogP contribution >= 0.6 is 0 Å². The average molecular weight is 277 g/mol. The number of nitrogens with one attached hydrogen (secondary N) is 1. The highest BCUT2D eigenvalue weighted by Crippen LogP contribution is 2.32. The fourth-order valence-corrected chi connectivity index (χ4v) is 2.75. The monoisotopic (exact) mass is 277 g/mol. The molecule has 5 nitrogen and oxygen atoms in total. The second-order valence-electron chi connectivity index (χ2n) is 5.98. The number of hydrogen-bond acceptors (Lipinski definition) is 2. The summed E-state index contributed by atoms with van der Waals surface area (Å²) in [5, 5.41) is 3.47. The van der Waals surface area contributed by atoms with E-state index >= 15 is 0 Å². The van der Waals surface area contributed by atoms with Crippen molar-refractivity contribution in [1.82, 2.24) is 19.8 Å². The summed E-state index contributed by atoms with van der Waals surface area (Å²) in [6.07, 6.45) is 6.35. The van der Waals surface area contributed by atoms with Gasteiger partial charge in [-0.15, -0.1) is 0 Å². The molecule has 1 aromatic heterocycles. The van der Waals surface area contributed by atoms with Gasteiger partial charge in [-0.3, -0.25) is 4.99 Å². The fraction of sp³-hybridized carbons (Fsp3) is 0.733. The Morgan fingerprint density at radius 3 is 2.90 bits per heavy atom. The lowest BCUT2D eigenvalue weighted by Crippen LogP contribution is -2.42. The summed E-state index contributed by atoms with van der Waals surface area (Å²) in [6, 6.07) is 0. The molecule has 0 aromatic carbocycles. The van der Waals surface area contributed by atoms with E-state index in [0.717, 1.165) is 38.0 Å². The number of guanidine groups is 1. The third kappa shape index (κ3) is 3.32. The molecule has 0 radical (unpaired) electrons. The molecule has 0 bridgehead atoms. The van der Waals surface area contributed by atoms with Gasteiger partial charge < -0.3 is 14.8 Å². The second-order valence-corrected chi connectivity index (χ2v) is 5.98. The van der Waals surface area contributed by atoms with Gasteiger partial charge in [0, 0.05) is 45.6 Å². The molecule has 0 aliphatic carbocycles. The molecule has 1 aromatic rings. The van der Waals surface area contributed by atoms with Gasteiger partial charge in [-0.05, 0) is 25.2 Å². The summed E-state index contributed by atoms with van der Waals surface area (Å²) in [5.41, 5.74) is 0.443. The van der Waals surface area contributed by atoms with Crippen LogP contribution in [0.3, 0.4) is 0 Å². The molecule has 0 spiro atoms. The van der Waals surface area contributed by atoms with E-state index in [1.807, 2.05) is 26.4 Å². The maximum atomic E-state index is 4.42. The van der Waals surface area contributed by atoms with Crippen LogP contribution in [-0.2, 0) is 6.54 Å². The molecule has 1 unspecified atom stereocenters. The van der Waals surface area contributed by atoms with Gasteiger partial charge in [-0.25, -0.2) is 4.98 Å². The van der Waals surface area contributed by atoms with Crippen LogP contribution in [0, 0.1) is 12.3 Å². The molecule has 20 heavy (non-hydrogen) atoms. The van der Waals surface area contributed by atoms with Gasteiger partial charge >= 0.3 is 0 Å². The van der Waals surface area contributed by atoms with Crippen molar-refractivity contribution in [3.05, 3.63) is 18.2 Å². The van der Waals surface area contributed by atoms with Gasteiger partial charge in [-0.2, -0.15) is 0 Å². The van der Waals surface area contributed by atoms with Gasteiger partial charge in [0.05, 0.1) is 0 Å². The van der Waals surface area contributed by atoms with E-state index < -0.39 is 0 Å². The van der Waals surface area contributed by atoms with E-state index in [0.29, 0.717) is 5.41 Å². The lowest BCUT2D eigenvalue weighted by atomic mass is 9.87. The number of aryl methyl sites for hydroxylation is 1. The Morgan fingerprint density at radius 1 is 1.55 bits per heavy atom. The molecule has 1 fully saturated rings. The molecule has 112 valence electrons. The molecular weight excluding hydrogens is 250 g/mol. The van der Waals surface area contributed by atoms with Gasteiger partial charge in [0.1, 0.15) is 5.82 Å². The summed E-state index contributed by atoms with van der Waals surface area (Å²) in [6.45, 7) is 10.7. The Morgan fingerprint density at radius 2 is 2.35 bits per heavy atom. The third-order valence-electron chi connectivity index (χ3n) is 4.48. The summed E-state index contributed by atoms with van der Waals surface area (Å²) < 4.78 is 2.15. The van der Waals surface area contributed by atoms with Gasteiger partial charge in [0.25, 0.3) is 0 Å². The van der Waals surface area contributed by atoms with Crippen LogP contribution in [0.15, 0.2) is 17.4 Å². The van der Waals surface area contributed by atoms with Crippen LogP contribution in [0.4, 0.5) is 0 Å². The lowest BCUT2D eigenvalue weighted by Gasteiger charge is -2.25. The summed E-state index contributed by atoms with van der Waals surface area (Å²) in [7, 11) is 1.87. The van der Waals surface area contributed by atoms with Crippen molar-refractivity contribution in [2.24, 2.45) is 10.4 Å². The minimum absolute atomic E-state index is 0.443. The van der Waals surface area contributed by atoms with E-state index in [1.54, 1.807) is 0 Å². The quantitative estimate of drug-likeness (QED) is 0.675. The van der Waals surface area contributed by atoms with Crippen molar-refractivity contribution in [2.75, 3.05) is 26.7 Å². The van der Waals surface area contributed by atoms with Crippen molar-refractivity contribution in [2.45, 2.75) is 40.2 Å². The predicted molar refractivity (Wildman–Crippen MR) is 82.9 cm³/mol. The molecule has 0 saturated carbocycles. The number of likely N-dealkylation sites (tertiary alicyclic amines) is 1. The number of aromatic nitrogens is 2. The minimum atomic E-state index is 0.443. The first kappa shape index (κ1) is 14.9. The van der Waals surface area contributed by atoms with Crippen molar-refractivity contribution < 1.29 is 0 Å². The van der Waals surface area contributed by atoms with Crippen molar-refractivity contribution in [3.63, 3.8) is 0 Å². The summed E-state index contributed by atoms with van der Waals surface area (Å²) >= 11 is 0. The standard InChI is InChI=1S/C15H27N5/c1-5-15(3)6-9-20(12-15)14(16-4)18-8-11-19-10-7-17-13(19)2/h7,10H,5-6,8-9,11-12H2,1-4H3,(H,16,18). The summed E-state index contributed by atoms with van der Waals surface area (Å²) in [5.74, 6) is 2.08. The molecule has 5 heteroatoms. The molecule has 1 saturated heterocycles. The van der Waals surface area contributed by atoms with Crippen molar-refractivity contribution in [3.8, 4) is 0 Å². The van der Waals surface area contributed by atoms with Crippen LogP contribution in [0.25, 0.3) is 0 Å². The molecule has 2 rings (SSSR count). The summed E-state index contributed by atoms with van der Waals surface area (Å²) in [4.78, 5) is 11.0. The van der Waals surface area contributed by atoms with E-state index in [-0.39, 0.29) is 0 Å². The van der Waals surface area contributed by atoms with Crippen LogP contribution in [0.5, 0.6) is 0 Å². The number of nitrogens with zero attached hydrogens (tertiary/aromatic N) is 4. The molecule has 1 aliphatic heterocycles. The highest BCUT2D eigenvalue weighted by Gasteiger charge is 2.33. The highest BCUT2D eigenvalue weighted by molar-refractivity contribution is 5.80. The maximum absolute atomic E-state index is 4.42. The van der Waals surface area contributed by atoms with Crippen LogP contribution in [-0.4, -0.2) is 47.1 Å². The Balaban J connectivity index is 1.83. The fourth-order valence-electron chi connectivity index (χ4n) is 2.75. The van der Waals surface area contributed by atoms with E-state index in [2.05, 4.69) is 38.6 Å². The SMILES string of the molecule is CCC1(C)CCN(C(=NC)NCCn2ccnc2C)C1. The van der Waals surface area contributed by atoms with E-state index in [4.69, 9.17) is 0 Å². The van der Waals surface area contributed by atoms with Gasteiger partial charge in [-0.1, -0.05) is 13.8 Å². The number of hydrogen-bond donors (Lipinski definition) is 1. The first-order valence-electron chi connectivity index (χ1n) is 7.51. The molecule has 2 heterocycles. The molecule has 1 atom stereocenters. The Labute approximate surface area is 122 Å². The maximum Gasteiger partial charge on any atom is 0.193 e. The first-order chi connectivity index (χ1) is 9.58. The van der Waals surface area contributed by atoms with Gasteiger partial charge in [0.15, 0.2) is 5.96 Å². The Hall–Kier alpha value is -1.52. The molecule has 1 N–H and O–H groups in total. The smallest absolute Gasteiger partial charge is 0.193 e. The Kier molecular flexibility index (Phi) is 4.68. The van der Waals surface area contributed by atoms with Gasteiger partial charge in [0.2, 0.25) is 0 Å². The molecular formula is C15H27N5. The average Bonchev–Trinajstić information content (AvgIpc) is 3.02. The zero-order chi connectivity index (χ0) is 14.6. The minimum Gasteiger partial charge on any atom is -0.354 e. The second kappa shape index (κ2) is 6.29. The molecule has 0 amide bonds. The lowest BCUT2D eigenvalue weighted by molar-refractivity contribution is 0.322. The zero-order valence-corrected chi connectivity index (χ0v) is 13.2. The third-order valence-corrected chi connectivity index (χ3v) is 4.48. The topological polar surface area (TPSA) is 45.5 Å².